The van der Waals surface area contributed by atoms with Crippen molar-refractivity contribution in [2.75, 3.05) is 5.75 Å². The summed E-state index contributed by atoms with van der Waals surface area (Å²) in [4.78, 5) is 0.555. The molecular weight excluding hydrogens is 275 g/mol. The highest BCUT2D eigenvalue weighted by Crippen LogP contribution is 2.28. The van der Waals surface area contributed by atoms with E-state index in [1.807, 2.05) is 30.3 Å². The molecular formula is C15H15FN2OS. The summed E-state index contributed by atoms with van der Waals surface area (Å²) in [5.74, 6) is 0.107. The van der Waals surface area contributed by atoms with Crippen LogP contribution in [-0.4, -0.2) is 16.8 Å². The van der Waals surface area contributed by atoms with Crippen LogP contribution in [0.15, 0.2) is 64.6 Å². The molecule has 0 heterocycles. The Bertz CT molecular complexity index is 589. The molecule has 20 heavy (non-hydrogen) atoms. The highest BCUT2D eigenvalue weighted by Gasteiger charge is 2.17. The molecule has 0 radical (unpaired) electrons. The Balaban J connectivity index is 2.16. The first-order chi connectivity index (χ1) is 9.72. The Morgan fingerprint density at radius 2 is 1.80 bits per heavy atom. The van der Waals surface area contributed by atoms with Crippen molar-refractivity contribution in [3.63, 3.8) is 0 Å². The molecule has 0 aromatic heterocycles. The van der Waals surface area contributed by atoms with Gasteiger partial charge in [0.25, 0.3) is 0 Å². The third-order valence-electron chi connectivity index (χ3n) is 2.92. The standard InChI is InChI=1S/C15H15FN2OS/c16-13-8-4-5-9-14(13)20-10-12(15(17)18-19)11-6-2-1-3-7-11/h1-9,12,19H,10H2,(H2,17,18). The number of amidine groups is 1. The topological polar surface area (TPSA) is 58.6 Å². The third-order valence-corrected chi connectivity index (χ3v) is 4.06. The first-order valence-electron chi connectivity index (χ1n) is 6.12. The van der Waals surface area contributed by atoms with Crippen LogP contribution in [0, 0.1) is 5.82 Å². The largest absolute Gasteiger partial charge is 0.409 e. The van der Waals surface area contributed by atoms with E-state index in [4.69, 9.17) is 10.9 Å². The van der Waals surface area contributed by atoms with E-state index in [0.717, 1.165) is 5.56 Å². The van der Waals surface area contributed by atoms with E-state index in [2.05, 4.69) is 5.16 Å². The molecule has 104 valence electrons. The Hall–Kier alpha value is -2.01. The Kier molecular flexibility index (Phi) is 5.01. The maximum atomic E-state index is 13.6. The molecule has 2 aromatic rings. The smallest absolute Gasteiger partial charge is 0.147 e. The number of oxime groups is 1. The SMILES string of the molecule is NC(=NO)C(CSc1ccccc1F)c1ccccc1. The van der Waals surface area contributed by atoms with Crippen molar-refractivity contribution in [3.8, 4) is 0 Å². The van der Waals surface area contributed by atoms with Crippen molar-refractivity contribution < 1.29 is 9.60 Å². The van der Waals surface area contributed by atoms with E-state index < -0.39 is 0 Å². The number of benzene rings is 2. The molecule has 0 fully saturated rings. The molecule has 0 saturated heterocycles. The monoisotopic (exact) mass is 290 g/mol. The molecule has 1 unspecified atom stereocenters. The highest BCUT2D eigenvalue weighted by atomic mass is 32.2. The van der Waals surface area contributed by atoms with Crippen LogP contribution < -0.4 is 5.73 Å². The molecule has 0 saturated carbocycles. The number of nitrogens with two attached hydrogens (primary N) is 1. The second-order valence-corrected chi connectivity index (χ2v) is 5.29. The van der Waals surface area contributed by atoms with Crippen LogP contribution in [0.2, 0.25) is 0 Å². The molecule has 3 nitrogen and oxygen atoms in total. The fraction of sp³-hybridized carbons (Fsp3) is 0.133. The second kappa shape index (κ2) is 6.96. The predicted molar refractivity (Wildman–Crippen MR) is 79.7 cm³/mol. The molecule has 5 heteroatoms. The lowest BCUT2D eigenvalue weighted by Gasteiger charge is -2.15. The van der Waals surface area contributed by atoms with Crippen molar-refractivity contribution in [1.29, 1.82) is 0 Å². The predicted octanol–water partition coefficient (Wildman–Crippen LogP) is 3.45. The van der Waals surface area contributed by atoms with Gasteiger partial charge in [-0.1, -0.05) is 47.6 Å². The lowest BCUT2D eigenvalue weighted by molar-refractivity contribution is 0.316. The number of rotatable bonds is 5. The van der Waals surface area contributed by atoms with Crippen LogP contribution in [0.25, 0.3) is 0 Å². The Morgan fingerprint density at radius 1 is 1.15 bits per heavy atom. The first-order valence-corrected chi connectivity index (χ1v) is 7.10. The van der Waals surface area contributed by atoms with E-state index in [1.54, 1.807) is 18.2 Å². The Labute approximate surface area is 121 Å². The molecule has 0 spiro atoms. The van der Waals surface area contributed by atoms with Crippen LogP contribution in [0.3, 0.4) is 0 Å². The lowest BCUT2D eigenvalue weighted by Crippen LogP contribution is -2.23. The fourth-order valence-electron chi connectivity index (χ4n) is 1.84. The maximum Gasteiger partial charge on any atom is 0.147 e. The quantitative estimate of drug-likeness (QED) is 0.291. The van der Waals surface area contributed by atoms with Crippen LogP contribution in [0.1, 0.15) is 11.5 Å². The van der Waals surface area contributed by atoms with Gasteiger partial charge in [-0.3, -0.25) is 0 Å². The lowest BCUT2D eigenvalue weighted by atomic mass is 10.0. The third kappa shape index (κ3) is 3.51. The maximum absolute atomic E-state index is 13.6. The zero-order valence-corrected chi connectivity index (χ0v) is 11.6. The van der Waals surface area contributed by atoms with Gasteiger partial charge in [-0.2, -0.15) is 0 Å². The van der Waals surface area contributed by atoms with Crippen molar-refractivity contribution >= 4 is 17.6 Å². The van der Waals surface area contributed by atoms with Gasteiger partial charge in [0.1, 0.15) is 11.7 Å². The second-order valence-electron chi connectivity index (χ2n) is 4.23. The molecule has 0 aliphatic carbocycles. The number of hydrogen-bond donors (Lipinski definition) is 2. The van der Waals surface area contributed by atoms with Gasteiger partial charge in [0.05, 0.1) is 5.92 Å². The molecule has 3 N–H and O–H groups in total. The minimum absolute atomic E-state index is 0.125. The fourth-order valence-corrected chi connectivity index (χ4v) is 2.93. The van der Waals surface area contributed by atoms with E-state index in [9.17, 15) is 4.39 Å². The summed E-state index contributed by atoms with van der Waals surface area (Å²) < 4.78 is 13.6. The van der Waals surface area contributed by atoms with Crippen LogP contribution >= 0.6 is 11.8 Å². The average Bonchev–Trinajstić information content (AvgIpc) is 2.50. The van der Waals surface area contributed by atoms with Gasteiger partial charge < -0.3 is 10.9 Å². The zero-order chi connectivity index (χ0) is 14.4. The summed E-state index contributed by atoms with van der Waals surface area (Å²) >= 11 is 1.35. The van der Waals surface area contributed by atoms with Crippen molar-refractivity contribution in [3.05, 3.63) is 66.0 Å². The van der Waals surface area contributed by atoms with Gasteiger partial charge in [0.15, 0.2) is 0 Å². The molecule has 0 amide bonds. The summed E-state index contributed by atoms with van der Waals surface area (Å²) in [6, 6.07) is 16.1. The summed E-state index contributed by atoms with van der Waals surface area (Å²) in [7, 11) is 0. The van der Waals surface area contributed by atoms with Crippen LogP contribution in [-0.2, 0) is 0 Å². The first kappa shape index (κ1) is 14.4. The average molecular weight is 290 g/mol. The molecule has 0 aliphatic rings. The summed E-state index contributed by atoms with van der Waals surface area (Å²) in [5.41, 5.74) is 6.68. The minimum atomic E-state index is -0.260. The molecule has 2 rings (SSSR count). The minimum Gasteiger partial charge on any atom is -0.409 e. The molecule has 0 aliphatic heterocycles. The normalized spacial score (nSPS) is 13.2. The van der Waals surface area contributed by atoms with Gasteiger partial charge >= 0.3 is 0 Å². The molecule has 0 bridgehead atoms. The van der Waals surface area contributed by atoms with Gasteiger partial charge in [0, 0.05) is 10.6 Å². The van der Waals surface area contributed by atoms with Crippen molar-refractivity contribution in [1.82, 2.24) is 0 Å². The number of thioether (sulfide) groups is 1. The number of halogens is 1. The number of hydrogen-bond acceptors (Lipinski definition) is 3. The number of nitrogens with zero attached hydrogens (tertiary/aromatic N) is 1. The van der Waals surface area contributed by atoms with E-state index in [1.165, 1.54) is 17.8 Å². The molecule has 1 atom stereocenters. The summed E-state index contributed by atoms with van der Waals surface area (Å²) in [6.07, 6.45) is 0. The van der Waals surface area contributed by atoms with Gasteiger partial charge in [0.2, 0.25) is 0 Å². The van der Waals surface area contributed by atoms with E-state index in [0.29, 0.717) is 10.6 Å². The highest BCUT2D eigenvalue weighted by molar-refractivity contribution is 7.99. The van der Waals surface area contributed by atoms with Crippen LogP contribution in [0.4, 0.5) is 4.39 Å². The summed E-state index contributed by atoms with van der Waals surface area (Å²) in [6.45, 7) is 0. The van der Waals surface area contributed by atoms with Crippen LogP contribution in [0.5, 0.6) is 0 Å². The summed E-state index contributed by atoms with van der Waals surface area (Å²) in [5, 5.41) is 12.0. The Morgan fingerprint density at radius 3 is 2.45 bits per heavy atom. The van der Waals surface area contributed by atoms with E-state index in [-0.39, 0.29) is 17.6 Å². The van der Waals surface area contributed by atoms with Crippen molar-refractivity contribution in [2.45, 2.75) is 10.8 Å². The van der Waals surface area contributed by atoms with Gasteiger partial charge in [-0.15, -0.1) is 11.8 Å². The van der Waals surface area contributed by atoms with Gasteiger partial charge in [-0.25, -0.2) is 4.39 Å². The zero-order valence-electron chi connectivity index (χ0n) is 10.7. The molecule has 2 aromatic carbocycles. The van der Waals surface area contributed by atoms with E-state index >= 15 is 0 Å². The van der Waals surface area contributed by atoms with Crippen molar-refractivity contribution in [2.24, 2.45) is 10.9 Å². The van der Waals surface area contributed by atoms with Gasteiger partial charge in [-0.05, 0) is 17.7 Å².